The molecule has 1 aromatic carbocycles. The van der Waals surface area contributed by atoms with Crippen molar-refractivity contribution in [3.63, 3.8) is 0 Å². The highest BCUT2D eigenvalue weighted by Crippen LogP contribution is 2.39. The van der Waals surface area contributed by atoms with Crippen LogP contribution in [0.2, 0.25) is 0 Å². The molecule has 1 aromatic rings. The quantitative estimate of drug-likeness (QED) is 0.906. The van der Waals surface area contributed by atoms with E-state index >= 15 is 0 Å². The molecule has 1 heterocycles. The smallest absolute Gasteiger partial charge is 0.0426 e. The Morgan fingerprint density at radius 1 is 1.35 bits per heavy atom. The third-order valence-corrected chi connectivity index (χ3v) is 6.65. The minimum atomic E-state index is 0.178. The molecule has 2 N–H and O–H groups in total. The molecule has 3 heteroatoms. The highest BCUT2D eigenvalue weighted by Gasteiger charge is 2.30. The molecule has 1 aliphatic rings. The van der Waals surface area contributed by atoms with Crippen LogP contribution in [0.4, 0.5) is 0 Å². The second-order valence-electron chi connectivity index (χ2n) is 4.59. The fourth-order valence-corrected chi connectivity index (χ4v) is 5.52. The Labute approximate surface area is 113 Å². The zero-order valence-electron chi connectivity index (χ0n) is 10.6. The molecule has 3 atom stereocenters. The van der Waals surface area contributed by atoms with E-state index in [0.29, 0.717) is 10.5 Å². The second-order valence-corrected chi connectivity index (χ2v) is 7.23. The summed E-state index contributed by atoms with van der Waals surface area (Å²) in [6.45, 7) is 4.41. The average Bonchev–Trinajstić information content (AvgIpc) is 2.38. The molecule has 0 radical (unpaired) electrons. The molecule has 2 rings (SSSR count). The highest BCUT2D eigenvalue weighted by molar-refractivity contribution is 8.07. The molecule has 0 aliphatic carbocycles. The fraction of sp³-hybridized carbons (Fsp3) is 0.571. The molecular formula is C14H21NS2. The van der Waals surface area contributed by atoms with Crippen molar-refractivity contribution in [2.45, 2.75) is 36.8 Å². The minimum Gasteiger partial charge on any atom is -0.323 e. The lowest BCUT2D eigenvalue weighted by Crippen LogP contribution is -2.35. The van der Waals surface area contributed by atoms with Crippen molar-refractivity contribution in [3.8, 4) is 0 Å². The van der Waals surface area contributed by atoms with Crippen LogP contribution in [0, 0.1) is 6.92 Å². The minimum absolute atomic E-state index is 0.178. The van der Waals surface area contributed by atoms with Gasteiger partial charge in [-0.1, -0.05) is 36.8 Å². The topological polar surface area (TPSA) is 26.0 Å². The van der Waals surface area contributed by atoms with Crippen molar-refractivity contribution in [2.24, 2.45) is 5.73 Å². The zero-order chi connectivity index (χ0) is 12.3. The van der Waals surface area contributed by atoms with E-state index in [-0.39, 0.29) is 6.04 Å². The maximum absolute atomic E-state index is 6.47. The molecule has 3 unspecified atom stereocenters. The summed E-state index contributed by atoms with van der Waals surface area (Å²) < 4.78 is 0. The molecule has 0 saturated carbocycles. The molecule has 0 amide bonds. The lowest BCUT2D eigenvalue weighted by atomic mass is 9.99. The van der Waals surface area contributed by atoms with Crippen molar-refractivity contribution in [1.29, 1.82) is 0 Å². The van der Waals surface area contributed by atoms with Crippen LogP contribution >= 0.6 is 23.5 Å². The fourth-order valence-electron chi connectivity index (χ4n) is 2.34. The van der Waals surface area contributed by atoms with E-state index in [4.69, 9.17) is 5.73 Å². The first kappa shape index (κ1) is 13.3. The Bertz CT molecular complexity index is 367. The predicted molar refractivity (Wildman–Crippen MR) is 80.9 cm³/mol. The van der Waals surface area contributed by atoms with Crippen molar-refractivity contribution in [1.82, 2.24) is 0 Å². The summed E-state index contributed by atoms with van der Waals surface area (Å²) in [5.41, 5.74) is 9.07. The van der Waals surface area contributed by atoms with E-state index in [1.54, 1.807) is 0 Å². The molecule has 1 fully saturated rings. The summed E-state index contributed by atoms with van der Waals surface area (Å²) in [5.74, 6) is 2.52. The van der Waals surface area contributed by atoms with Crippen LogP contribution in [0.5, 0.6) is 0 Å². The lowest BCUT2D eigenvalue weighted by molar-refractivity contribution is 0.630. The number of nitrogens with two attached hydrogens (primary N) is 1. The Morgan fingerprint density at radius 2 is 2.12 bits per heavy atom. The van der Waals surface area contributed by atoms with Gasteiger partial charge < -0.3 is 5.73 Å². The van der Waals surface area contributed by atoms with Crippen molar-refractivity contribution in [2.75, 3.05) is 11.5 Å². The van der Waals surface area contributed by atoms with E-state index in [9.17, 15) is 0 Å². The SMILES string of the molecule is CCC1SCCSC1C(N)c1cccc(C)c1. The Balaban J connectivity index is 2.15. The van der Waals surface area contributed by atoms with Crippen molar-refractivity contribution >= 4 is 23.5 Å². The molecule has 1 nitrogen and oxygen atoms in total. The number of thioether (sulfide) groups is 2. The van der Waals surface area contributed by atoms with Crippen LogP contribution in [0.25, 0.3) is 0 Å². The number of benzene rings is 1. The molecule has 1 aliphatic heterocycles. The third kappa shape index (κ3) is 3.21. The van der Waals surface area contributed by atoms with Gasteiger partial charge >= 0.3 is 0 Å². The summed E-state index contributed by atoms with van der Waals surface area (Å²) in [5, 5.41) is 1.28. The van der Waals surface area contributed by atoms with E-state index in [1.165, 1.54) is 29.1 Å². The molecular weight excluding hydrogens is 246 g/mol. The monoisotopic (exact) mass is 267 g/mol. The van der Waals surface area contributed by atoms with Crippen LogP contribution in [0.15, 0.2) is 24.3 Å². The van der Waals surface area contributed by atoms with Crippen LogP contribution < -0.4 is 5.73 Å². The number of hydrogen-bond donors (Lipinski definition) is 1. The largest absolute Gasteiger partial charge is 0.323 e. The second kappa shape index (κ2) is 6.17. The number of aryl methyl sites for hydroxylation is 1. The summed E-state index contributed by atoms with van der Waals surface area (Å²) in [4.78, 5) is 0. The normalized spacial score (nSPS) is 26.8. The van der Waals surface area contributed by atoms with Gasteiger partial charge in [0.15, 0.2) is 0 Å². The van der Waals surface area contributed by atoms with Gasteiger partial charge in [0.2, 0.25) is 0 Å². The van der Waals surface area contributed by atoms with Gasteiger partial charge in [0.05, 0.1) is 0 Å². The zero-order valence-corrected chi connectivity index (χ0v) is 12.2. The first-order valence-electron chi connectivity index (χ1n) is 6.27. The number of rotatable bonds is 3. The number of hydrogen-bond acceptors (Lipinski definition) is 3. The predicted octanol–water partition coefficient (Wildman–Crippen LogP) is 3.62. The standard InChI is InChI=1S/C14H21NS2/c1-3-12-14(17-8-7-16-12)13(15)11-6-4-5-10(2)9-11/h4-6,9,12-14H,3,7-8,15H2,1-2H3. The van der Waals surface area contributed by atoms with Gasteiger partial charge in [-0.3, -0.25) is 0 Å². The van der Waals surface area contributed by atoms with Gasteiger partial charge in [-0.15, -0.1) is 0 Å². The van der Waals surface area contributed by atoms with Crippen LogP contribution in [-0.2, 0) is 0 Å². The summed E-state index contributed by atoms with van der Waals surface area (Å²) in [6.07, 6.45) is 1.22. The molecule has 0 bridgehead atoms. The van der Waals surface area contributed by atoms with Gasteiger partial charge in [0.1, 0.15) is 0 Å². The van der Waals surface area contributed by atoms with E-state index < -0.39 is 0 Å². The maximum Gasteiger partial charge on any atom is 0.0426 e. The molecule has 0 aromatic heterocycles. The average molecular weight is 267 g/mol. The summed E-state index contributed by atoms with van der Waals surface area (Å²) >= 11 is 4.16. The van der Waals surface area contributed by atoms with Crippen LogP contribution in [0.3, 0.4) is 0 Å². The van der Waals surface area contributed by atoms with Crippen LogP contribution in [0.1, 0.15) is 30.5 Å². The Kier molecular flexibility index (Phi) is 4.83. The molecule has 0 spiro atoms. The van der Waals surface area contributed by atoms with Crippen molar-refractivity contribution in [3.05, 3.63) is 35.4 Å². The maximum atomic E-state index is 6.47. The van der Waals surface area contributed by atoms with Gasteiger partial charge in [0.25, 0.3) is 0 Å². The Hall–Kier alpha value is -0.120. The van der Waals surface area contributed by atoms with Gasteiger partial charge in [-0.05, 0) is 18.9 Å². The molecule has 94 valence electrons. The van der Waals surface area contributed by atoms with E-state index in [0.717, 1.165) is 0 Å². The highest BCUT2D eigenvalue weighted by atomic mass is 32.2. The first-order valence-corrected chi connectivity index (χ1v) is 8.37. The van der Waals surface area contributed by atoms with Crippen molar-refractivity contribution < 1.29 is 0 Å². The molecule has 17 heavy (non-hydrogen) atoms. The van der Waals surface area contributed by atoms with E-state index in [2.05, 4.69) is 61.6 Å². The lowest BCUT2D eigenvalue weighted by Gasteiger charge is -2.34. The summed E-state index contributed by atoms with van der Waals surface area (Å²) in [7, 11) is 0. The third-order valence-electron chi connectivity index (χ3n) is 3.28. The van der Waals surface area contributed by atoms with Crippen LogP contribution in [-0.4, -0.2) is 22.0 Å². The Morgan fingerprint density at radius 3 is 2.82 bits per heavy atom. The molecule has 1 saturated heterocycles. The summed E-state index contributed by atoms with van der Waals surface area (Å²) in [6, 6.07) is 8.83. The van der Waals surface area contributed by atoms with Gasteiger partial charge in [-0.25, -0.2) is 0 Å². The van der Waals surface area contributed by atoms with E-state index in [1.807, 2.05) is 0 Å². The van der Waals surface area contributed by atoms with Gasteiger partial charge in [0, 0.05) is 28.0 Å². The van der Waals surface area contributed by atoms with Gasteiger partial charge in [-0.2, -0.15) is 23.5 Å². The first-order chi connectivity index (χ1) is 8.22.